The van der Waals surface area contributed by atoms with Gasteiger partial charge in [-0.05, 0) is 119 Å². The maximum absolute atomic E-state index is 3.76. The van der Waals surface area contributed by atoms with Crippen molar-refractivity contribution in [2.75, 3.05) is 4.90 Å². The molecule has 2 aliphatic rings. The van der Waals surface area contributed by atoms with E-state index in [-0.39, 0.29) is 10.8 Å². The van der Waals surface area contributed by atoms with E-state index in [2.05, 4.69) is 194 Å². The van der Waals surface area contributed by atoms with Crippen molar-refractivity contribution < 1.29 is 0 Å². The molecule has 296 valence electrons. The van der Waals surface area contributed by atoms with Crippen molar-refractivity contribution in [3.05, 3.63) is 204 Å². The fourth-order valence-corrected chi connectivity index (χ4v) is 10.1. The van der Waals surface area contributed by atoms with Gasteiger partial charge in [-0.25, -0.2) is 0 Å². The van der Waals surface area contributed by atoms with Crippen molar-refractivity contribution in [2.45, 2.75) is 73.1 Å². The second kappa shape index (κ2) is 16.4. The fourth-order valence-electron chi connectivity index (χ4n) is 8.79. The number of rotatable bonds is 7. The topological polar surface area (TPSA) is 3.24 Å². The zero-order valence-electron chi connectivity index (χ0n) is 36.3. The summed E-state index contributed by atoms with van der Waals surface area (Å²) in [5.41, 5.74) is 18.9. The summed E-state index contributed by atoms with van der Waals surface area (Å²) in [7, 11) is 0. The second-order valence-electron chi connectivity index (χ2n) is 16.5. The first-order chi connectivity index (χ1) is 28.4. The molecule has 2 aliphatic carbocycles. The zero-order chi connectivity index (χ0) is 42.2. The minimum Gasteiger partial charge on any atom is -0.310 e. The highest BCUT2D eigenvalue weighted by atomic mass is 32.1. The van der Waals surface area contributed by atoms with Gasteiger partial charge < -0.3 is 4.90 Å². The highest BCUT2D eigenvalue weighted by Gasteiger charge is 2.38. The van der Waals surface area contributed by atoms with E-state index >= 15 is 0 Å². The first-order valence-corrected chi connectivity index (χ1v) is 21.7. The van der Waals surface area contributed by atoms with E-state index < -0.39 is 0 Å². The fraction of sp³-hybridized carbons (Fsp3) is 0.193. The monoisotopic (exact) mass is 787 g/mol. The molecule has 9 rings (SSSR count). The van der Waals surface area contributed by atoms with Crippen molar-refractivity contribution in [1.29, 1.82) is 0 Å². The van der Waals surface area contributed by atoms with E-state index in [0.29, 0.717) is 0 Å². The molecule has 59 heavy (non-hydrogen) atoms. The predicted molar refractivity (Wildman–Crippen MR) is 263 cm³/mol. The molecule has 0 N–H and O–H groups in total. The molecule has 0 fully saturated rings. The third kappa shape index (κ3) is 7.15. The number of hydrogen-bond acceptors (Lipinski definition) is 2. The Morgan fingerprint density at radius 1 is 0.610 bits per heavy atom. The van der Waals surface area contributed by atoms with E-state index in [1.165, 1.54) is 87.2 Å². The highest BCUT2D eigenvalue weighted by molar-refractivity contribution is 7.26. The Labute approximate surface area is 357 Å². The Bertz CT molecular complexity index is 2820. The van der Waals surface area contributed by atoms with Gasteiger partial charge in [-0.1, -0.05) is 170 Å². The SMILES string of the molecule is C/C=C(\C)c1ccc(N(c2ccc3c(c2)-c2c(ccc4c2sc2ccccc24)C3(C)C)c2ccc3c(c2)C(C)(C)c2ccccc2-3)cc1.C=C/C=C\C(=C)C(=C)C.CC. The van der Waals surface area contributed by atoms with Crippen molar-refractivity contribution in [2.24, 2.45) is 0 Å². The van der Waals surface area contributed by atoms with Gasteiger partial charge >= 0.3 is 0 Å². The summed E-state index contributed by atoms with van der Waals surface area (Å²) in [6, 6.07) is 45.9. The van der Waals surface area contributed by atoms with Crippen LogP contribution in [0.4, 0.5) is 17.1 Å². The molecule has 0 radical (unpaired) electrons. The van der Waals surface area contributed by atoms with Gasteiger partial charge in [0.2, 0.25) is 0 Å². The quantitative estimate of drug-likeness (QED) is 0.145. The van der Waals surface area contributed by atoms with Crippen LogP contribution in [-0.2, 0) is 10.8 Å². The molecule has 0 bridgehead atoms. The third-order valence-electron chi connectivity index (χ3n) is 12.2. The molecule has 0 amide bonds. The van der Waals surface area contributed by atoms with Gasteiger partial charge in [-0.2, -0.15) is 0 Å². The lowest BCUT2D eigenvalue weighted by molar-refractivity contribution is 0.660. The standard InChI is InChI=1S/C46H39NS.C9H12.C2H6/c1-7-28(2)29-16-18-30(19-17-29)47(32-20-22-34-33-12-8-10-14-38(33)46(5,6)41(34)27-32)31-21-24-39-37(26-31)43-40(45(39,3)4)25-23-36-35-13-9-11-15-42(35)48-44(36)43;1-5-6-7-9(4)8(2)3;1-2/h7-27H,1-6H3;5-7H,1-2,4H2,3H3;1-2H3/b28-7+;7-6-;. The van der Waals surface area contributed by atoms with Gasteiger partial charge in [0.15, 0.2) is 0 Å². The van der Waals surface area contributed by atoms with E-state index in [9.17, 15) is 0 Å². The molecule has 2 heteroatoms. The lowest BCUT2D eigenvalue weighted by atomic mass is 9.82. The van der Waals surface area contributed by atoms with Crippen molar-refractivity contribution in [1.82, 2.24) is 0 Å². The van der Waals surface area contributed by atoms with Crippen molar-refractivity contribution in [3.8, 4) is 22.3 Å². The molecule has 0 aliphatic heterocycles. The molecule has 6 aromatic carbocycles. The van der Waals surface area contributed by atoms with Crippen LogP contribution in [-0.4, -0.2) is 0 Å². The molecule has 0 unspecified atom stereocenters. The maximum atomic E-state index is 3.76. The first kappa shape index (κ1) is 41.2. The van der Waals surface area contributed by atoms with Crippen LogP contribution in [0.5, 0.6) is 0 Å². The number of nitrogens with zero attached hydrogens (tertiary/aromatic N) is 1. The average Bonchev–Trinajstić information content (AvgIpc) is 3.83. The molecule has 1 aromatic heterocycles. The Morgan fingerprint density at radius 3 is 1.92 bits per heavy atom. The van der Waals surface area contributed by atoms with Crippen LogP contribution in [0, 0.1) is 0 Å². The van der Waals surface area contributed by atoms with Gasteiger partial charge in [-0.3, -0.25) is 0 Å². The Morgan fingerprint density at radius 2 is 1.20 bits per heavy atom. The highest BCUT2D eigenvalue weighted by Crippen LogP contribution is 2.56. The van der Waals surface area contributed by atoms with Crippen LogP contribution >= 0.6 is 11.3 Å². The Balaban J connectivity index is 0.000000428. The summed E-state index contributed by atoms with van der Waals surface area (Å²) in [6.45, 7) is 30.7. The summed E-state index contributed by atoms with van der Waals surface area (Å²) in [6.07, 6.45) is 7.63. The van der Waals surface area contributed by atoms with Gasteiger partial charge in [0.05, 0.1) is 0 Å². The number of benzene rings is 6. The molecule has 1 heterocycles. The Kier molecular flexibility index (Phi) is 11.4. The molecule has 1 nitrogen and oxygen atoms in total. The van der Waals surface area contributed by atoms with Crippen molar-refractivity contribution >= 4 is 54.1 Å². The summed E-state index contributed by atoms with van der Waals surface area (Å²) in [5, 5.41) is 2.71. The summed E-state index contributed by atoms with van der Waals surface area (Å²) in [5.74, 6) is 0. The van der Waals surface area contributed by atoms with Crippen LogP contribution in [0.3, 0.4) is 0 Å². The summed E-state index contributed by atoms with van der Waals surface area (Å²) in [4.78, 5) is 2.46. The minimum atomic E-state index is -0.0760. The van der Waals surface area contributed by atoms with Crippen LogP contribution in [0.25, 0.3) is 48.0 Å². The number of hydrogen-bond donors (Lipinski definition) is 0. The van der Waals surface area contributed by atoms with E-state index in [4.69, 9.17) is 0 Å². The number of fused-ring (bicyclic) bond motifs is 10. The van der Waals surface area contributed by atoms with E-state index in [1.807, 2.05) is 44.3 Å². The minimum absolute atomic E-state index is 0.0752. The van der Waals surface area contributed by atoms with Crippen LogP contribution in [0.15, 0.2) is 177 Å². The number of anilines is 3. The molecular formula is C57H57NS. The lowest BCUT2D eigenvalue weighted by Crippen LogP contribution is -2.17. The Hall–Kier alpha value is -5.96. The van der Waals surface area contributed by atoms with Gasteiger partial charge in [-0.15, -0.1) is 11.3 Å². The van der Waals surface area contributed by atoms with Gasteiger partial charge in [0.1, 0.15) is 0 Å². The summed E-state index contributed by atoms with van der Waals surface area (Å²) < 4.78 is 2.75. The van der Waals surface area contributed by atoms with Crippen molar-refractivity contribution in [3.63, 3.8) is 0 Å². The summed E-state index contributed by atoms with van der Waals surface area (Å²) >= 11 is 1.93. The normalized spacial score (nSPS) is 14.0. The zero-order valence-corrected chi connectivity index (χ0v) is 37.1. The third-order valence-corrected chi connectivity index (χ3v) is 13.4. The van der Waals surface area contributed by atoms with E-state index in [0.717, 1.165) is 16.8 Å². The van der Waals surface area contributed by atoms with Crippen LogP contribution < -0.4 is 4.90 Å². The number of thiophene rings is 1. The van der Waals surface area contributed by atoms with Crippen LogP contribution in [0.2, 0.25) is 0 Å². The van der Waals surface area contributed by atoms with Crippen LogP contribution in [0.1, 0.15) is 90.1 Å². The lowest BCUT2D eigenvalue weighted by Gasteiger charge is -2.29. The first-order valence-electron chi connectivity index (χ1n) is 20.9. The smallest absolute Gasteiger partial charge is 0.0468 e. The number of allylic oxidation sites excluding steroid dienone is 7. The molecule has 0 atom stereocenters. The largest absolute Gasteiger partial charge is 0.310 e. The molecule has 0 saturated carbocycles. The molecule has 7 aromatic rings. The van der Waals surface area contributed by atoms with Gasteiger partial charge in [0.25, 0.3) is 0 Å². The molecular weight excluding hydrogens is 731 g/mol. The molecule has 0 spiro atoms. The predicted octanol–water partition coefficient (Wildman–Crippen LogP) is 17.4. The maximum Gasteiger partial charge on any atom is 0.0468 e. The van der Waals surface area contributed by atoms with E-state index in [1.54, 1.807) is 6.08 Å². The average molecular weight is 788 g/mol. The molecule has 0 saturated heterocycles. The van der Waals surface area contributed by atoms with Gasteiger partial charge in [0, 0.05) is 53.6 Å². The second-order valence-corrected chi connectivity index (χ2v) is 17.5.